The van der Waals surface area contributed by atoms with Gasteiger partial charge in [-0.15, -0.1) is 0 Å². The zero-order valence-electron chi connectivity index (χ0n) is 16.0. The van der Waals surface area contributed by atoms with Crippen LogP contribution in [0.15, 0.2) is 114 Å². The molecule has 0 aliphatic heterocycles. The topological polar surface area (TPSA) is 52.0 Å². The first-order valence-corrected chi connectivity index (χ1v) is 11.0. The molecular weight excluding hydrogens is 392 g/mol. The van der Waals surface area contributed by atoms with Crippen LogP contribution >= 0.6 is 0 Å². The van der Waals surface area contributed by atoms with Crippen molar-refractivity contribution in [1.29, 1.82) is 0 Å². The second kappa shape index (κ2) is 7.28. The van der Waals surface area contributed by atoms with E-state index in [-0.39, 0.29) is 4.90 Å². The second-order valence-corrected chi connectivity index (χ2v) is 8.80. The van der Waals surface area contributed by atoms with Crippen molar-refractivity contribution in [3.8, 4) is 22.5 Å². The first kappa shape index (κ1) is 18.3. The Morgan fingerprint density at radius 2 is 1.23 bits per heavy atom. The van der Waals surface area contributed by atoms with Gasteiger partial charge < -0.3 is 0 Å². The summed E-state index contributed by atoms with van der Waals surface area (Å²) in [6.45, 7) is 0. The minimum atomic E-state index is -3.84. The van der Waals surface area contributed by atoms with E-state index in [2.05, 4.69) is 4.98 Å². The van der Waals surface area contributed by atoms with E-state index in [9.17, 15) is 8.42 Å². The summed E-state index contributed by atoms with van der Waals surface area (Å²) < 4.78 is 28.6. The SMILES string of the molecule is O=S(=O)(c1ccc2ccccc2c1)n1cnc(-c2ccccc2)c1-c1ccccc1. The molecule has 0 unspecified atom stereocenters. The number of hydrogen-bond donors (Lipinski definition) is 0. The maximum Gasteiger partial charge on any atom is 0.269 e. The minimum Gasteiger partial charge on any atom is -0.235 e. The Kier molecular flexibility index (Phi) is 4.45. The van der Waals surface area contributed by atoms with Crippen LogP contribution in [0.1, 0.15) is 0 Å². The van der Waals surface area contributed by atoms with E-state index in [1.54, 1.807) is 12.1 Å². The molecule has 0 radical (unpaired) electrons. The van der Waals surface area contributed by atoms with Crippen LogP contribution in [0.25, 0.3) is 33.3 Å². The molecule has 5 heteroatoms. The van der Waals surface area contributed by atoms with Gasteiger partial charge in [-0.3, -0.25) is 0 Å². The lowest BCUT2D eigenvalue weighted by atomic mass is 10.1. The molecule has 0 N–H and O–H groups in total. The summed E-state index contributed by atoms with van der Waals surface area (Å²) in [5, 5.41) is 1.87. The van der Waals surface area contributed by atoms with Crippen LogP contribution in [0, 0.1) is 0 Å². The molecule has 1 heterocycles. The maximum absolute atomic E-state index is 13.6. The normalized spacial score (nSPS) is 11.6. The molecule has 5 rings (SSSR count). The highest BCUT2D eigenvalue weighted by Crippen LogP contribution is 2.34. The molecule has 5 aromatic rings. The third-order valence-electron chi connectivity index (χ3n) is 5.11. The van der Waals surface area contributed by atoms with Gasteiger partial charge in [0.2, 0.25) is 0 Å². The number of imidazole rings is 1. The van der Waals surface area contributed by atoms with Gasteiger partial charge in [0.25, 0.3) is 10.0 Å². The number of hydrogen-bond acceptors (Lipinski definition) is 3. The van der Waals surface area contributed by atoms with Crippen molar-refractivity contribution in [2.75, 3.05) is 0 Å². The third kappa shape index (κ3) is 3.09. The highest BCUT2D eigenvalue weighted by molar-refractivity contribution is 7.90. The highest BCUT2D eigenvalue weighted by Gasteiger charge is 2.25. The van der Waals surface area contributed by atoms with Crippen LogP contribution in [0.2, 0.25) is 0 Å². The van der Waals surface area contributed by atoms with Crippen LogP contribution < -0.4 is 0 Å². The van der Waals surface area contributed by atoms with E-state index in [0.29, 0.717) is 11.4 Å². The van der Waals surface area contributed by atoms with Gasteiger partial charge in [0, 0.05) is 11.1 Å². The number of benzene rings is 4. The molecule has 30 heavy (non-hydrogen) atoms. The van der Waals surface area contributed by atoms with Crippen LogP contribution in [0.5, 0.6) is 0 Å². The van der Waals surface area contributed by atoms with Crippen molar-refractivity contribution in [1.82, 2.24) is 8.96 Å². The van der Waals surface area contributed by atoms with Gasteiger partial charge in [0.15, 0.2) is 0 Å². The molecule has 0 atom stereocenters. The van der Waals surface area contributed by atoms with Crippen molar-refractivity contribution >= 4 is 20.8 Å². The lowest BCUT2D eigenvalue weighted by Gasteiger charge is -2.12. The smallest absolute Gasteiger partial charge is 0.235 e. The molecule has 0 saturated carbocycles. The molecule has 0 aliphatic rings. The average molecular weight is 410 g/mol. The van der Waals surface area contributed by atoms with Gasteiger partial charge in [0.1, 0.15) is 6.33 Å². The van der Waals surface area contributed by atoms with E-state index in [4.69, 9.17) is 0 Å². The van der Waals surface area contributed by atoms with Crippen molar-refractivity contribution in [2.45, 2.75) is 4.90 Å². The lowest BCUT2D eigenvalue weighted by Crippen LogP contribution is -2.13. The fraction of sp³-hybridized carbons (Fsp3) is 0. The number of rotatable bonds is 4. The summed E-state index contributed by atoms with van der Waals surface area (Å²) in [7, 11) is -3.84. The highest BCUT2D eigenvalue weighted by atomic mass is 32.2. The summed E-state index contributed by atoms with van der Waals surface area (Å²) in [4.78, 5) is 4.73. The first-order valence-electron chi connectivity index (χ1n) is 9.57. The van der Waals surface area contributed by atoms with Gasteiger partial charge in [-0.1, -0.05) is 91.0 Å². The molecular formula is C25H18N2O2S. The van der Waals surface area contributed by atoms with Gasteiger partial charge in [-0.2, -0.15) is 0 Å². The molecule has 0 aliphatic carbocycles. The zero-order chi connectivity index (χ0) is 20.6. The maximum atomic E-state index is 13.6. The Bertz CT molecular complexity index is 1440. The summed E-state index contributed by atoms with van der Waals surface area (Å²) in [6.07, 6.45) is 1.40. The predicted molar refractivity (Wildman–Crippen MR) is 120 cm³/mol. The summed E-state index contributed by atoms with van der Waals surface area (Å²) >= 11 is 0. The molecule has 4 aromatic carbocycles. The molecule has 0 fully saturated rings. The van der Waals surface area contributed by atoms with Crippen LogP contribution in [0.3, 0.4) is 0 Å². The molecule has 4 nitrogen and oxygen atoms in total. The molecule has 1 aromatic heterocycles. The Labute approximate surface area is 175 Å². The van der Waals surface area contributed by atoms with Crippen molar-refractivity contribution < 1.29 is 8.42 Å². The average Bonchev–Trinajstić information content (AvgIpc) is 3.26. The molecule has 146 valence electrons. The van der Waals surface area contributed by atoms with E-state index >= 15 is 0 Å². The quantitative estimate of drug-likeness (QED) is 0.387. The van der Waals surface area contributed by atoms with E-state index in [1.165, 1.54) is 10.3 Å². The molecule has 0 amide bonds. The van der Waals surface area contributed by atoms with Crippen molar-refractivity contribution in [3.63, 3.8) is 0 Å². The van der Waals surface area contributed by atoms with Crippen LogP contribution in [0.4, 0.5) is 0 Å². The van der Waals surface area contributed by atoms with E-state index in [0.717, 1.165) is 21.9 Å². The Balaban J connectivity index is 1.75. The predicted octanol–water partition coefficient (Wildman–Crippen LogP) is 5.61. The molecule has 0 saturated heterocycles. The van der Waals surface area contributed by atoms with Gasteiger partial charge in [-0.05, 0) is 22.9 Å². The van der Waals surface area contributed by atoms with Gasteiger partial charge in [-0.25, -0.2) is 17.4 Å². The van der Waals surface area contributed by atoms with Gasteiger partial charge >= 0.3 is 0 Å². The fourth-order valence-corrected chi connectivity index (χ4v) is 4.97. The Morgan fingerprint density at radius 1 is 0.633 bits per heavy atom. The van der Waals surface area contributed by atoms with Crippen LogP contribution in [-0.4, -0.2) is 17.4 Å². The third-order valence-corrected chi connectivity index (χ3v) is 6.75. The fourth-order valence-electron chi connectivity index (χ4n) is 3.62. The zero-order valence-corrected chi connectivity index (χ0v) is 16.8. The molecule has 0 spiro atoms. The Hall–Kier alpha value is -3.70. The second-order valence-electron chi connectivity index (χ2n) is 6.98. The van der Waals surface area contributed by atoms with Gasteiger partial charge in [0.05, 0.1) is 16.3 Å². The number of nitrogens with zero attached hydrogens (tertiary/aromatic N) is 2. The van der Waals surface area contributed by atoms with Crippen molar-refractivity contribution in [3.05, 3.63) is 109 Å². The number of aromatic nitrogens is 2. The summed E-state index contributed by atoms with van der Waals surface area (Å²) in [6, 6.07) is 32.0. The van der Waals surface area contributed by atoms with Crippen LogP contribution in [-0.2, 0) is 10.0 Å². The number of fused-ring (bicyclic) bond motifs is 1. The first-order chi connectivity index (χ1) is 14.6. The largest absolute Gasteiger partial charge is 0.269 e. The monoisotopic (exact) mass is 410 g/mol. The Morgan fingerprint density at radius 3 is 1.93 bits per heavy atom. The minimum absolute atomic E-state index is 0.232. The lowest BCUT2D eigenvalue weighted by molar-refractivity contribution is 0.588. The van der Waals surface area contributed by atoms with E-state index in [1.807, 2.05) is 91.0 Å². The summed E-state index contributed by atoms with van der Waals surface area (Å²) in [5.41, 5.74) is 2.84. The standard InChI is InChI=1S/C25H18N2O2S/c28-30(29,23-16-15-19-9-7-8-14-22(19)17-23)27-18-26-24(20-10-3-1-4-11-20)25(27)21-12-5-2-6-13-21/h1-18H. The molecule has 0 bridgehead atoms. The van der Waals surface area contributed by atoms with E-state index < -0.39 is 10.0 Å². The van der Waals surface area contributed by atoms with Crippen molar-refractivity contribution in [2.24, 2.45) is 0 Å². The summed E-state index contributed by atoms with van der Waals surface area (Å²) in [5.74, 6) is 0.